The van der Waals surface area contributed by atoms with Gasteiger partial charge in [-0.15, -0.1) is 0 Å². The number of hydrazine groups is 1. The number of aliphatic hydroxyl groups excluding tert-OH is 1. The minimum atomic E-state index is -3.59. The van der Waals surface area contributed by atoms with Crippen LogP contribution in [0, 0.1) is 0 Å². The molecule has 0 bridgehead atoms. The van der Waals surface area contributed by atoms with Crippen LogP contribution in [0.5, 0.6) is 0 Å². The Morgan fingerprint density at radius 2 is 2.25 bits per heavy atom. The summed E-state index contributed by atoms with van der Waals surface area (Å²) < 4.78 is 24.4. The maximum atomic E-state index is 11.3. The van der Waals surface area contributed by atoms with Crippen molar-refractivity contribution in [3.8, 4) is 0 Å². The lowest BCUT2D eigenvalue weighted by Crippen LogP contribution is -2.44. The first kappa shape index (κ1) is 9.30. The lowest BCUT2D eigenvalue weighted by Gasteiger charge is -2.21. The first-order chi connectivity index (χ1) is 5.46. The fourth-order valence-corrected chi connectivity index (χ4v) is 1.62. The van der Waals surface area contributed by atoms with Crippen LogP contribution in [0.25, 0.3) is 0 Å². The molecule has 2 N–H and O–H groups in total. The van der Waals surface area contributed by atoms with Gasteiger partial charge in [0, 0.05) is 20.6 Å². The summed E-state index contributed by atoms with van der Waals surface area (Å²) in [7, 11) is -0.806. The van der Waals surface area contributed by atoms with Gasteiger partial charge < -0.3 is 5.11 Å². The summed E-state index contributed by atoms with van der Waals surface area (Å²) in [6, 6.07) is 0. The van der Waals surface area contributed by atoms with Crippen LogP contribution in [-0.4, -0.2) is 42.9 Å². The van der Waals surface area contributed by atoms with Gasteiger partial charge >= 0.3 is 10.2 Å². The molecular formula is C5H11N3O3S. The molecule has 0 aromatic carbocycles. The maximum absolute atomic E-state index is 11.3. The van der Waals surface area contributed by atoms with Crippen molar-refractivity contribution in [2.24, 2.45) is 0 Å². The quantitative estimate of drug-likeness (QED) is 0.590. The zero-order valence-corrected chi connectivity index (χ0v) is 7.67. The van der Waals surface area contributed by atoms with Gasteiger partial charge in [0.05, 0.1) is 0 Å². The minimum absolute atomic E-state index is 0.288. The highest BCUT2D eigenvalue weighted by molar-refractivity contribution is 7.86. The molecule has 0 saturated carbocycles. The van der Waals surface area contributed by atoms with Crippen molar-refractivity contribution in [3.05, 3.63) is 12.0 Å². The van der Waals surface area contributed by atoms with E-state index in [2.05, 4.69) is 5.43 Å². The Morgan fingerprint density at radius 1 is 1.67 bits per heavy atom. The Bertz CT molecular complexity index is 295. The first-order valence-corrected chi connectivity index (χ1v) is 4.71. The molecule has 6 nitrogen and oxygen atoms in total. The van der Waals surface area contributed by atoms with E-state index in [0.29, 0.717) is 6.54 Å². The highest BCUT2D eigenvalue weighted by atomic mass is 32.2. The molecule has 0 atom stereocenters. The summed E-state index contributed by atoms with van der Waals surface area (Å²) in [6.07, 6.45) is 1.38. The van der Waals surface area contributed by atoms with Crippen molar-refractivity contribution < 1.29 is 13.5 Å². The van der Waals surface area contributed by atoms with Crippen LogP contribution in [0.3, 0.4) is 0 Å². The van der Waals surface area contributed by atoms with Gasteiger partial charge in [-0.25, -0.2) is 5.43 Å². The molecule has 1 aliphatic rings. The monoisotopic (exact) mass is 193 g/mol. The minimum Gasteiger partial charge on any atom is -0.493 e. The van der Waals surface area contributed by atoms with E-state index in [0.717, 1.165) is 8.72 Å². The maximum Gasteiger partial charge on any atom is 0.319 e. The Hall–Kier alpha value is -0.790. The lowest BCUT2D eigenvalue weighted by molar-refractivity contribution is 0.253. The first-order valence-electron chi connectivity index (χ1n) is 3.31. The van der Waals surface area contributed by atoms with Crippen molar-refractivity contribution >= 4 is 10.2 Å². The zero-order chi connectivity index (χ0) is 9.35. The molecule has 0 aromatic heterocycles. The van der Waals surface area contributed by atoms with Gasteiger partial charge in [0.2, 0.25) is 5.88 Å². The van der Waals surface area contributed by atoms with E-state index >= 15 is 0 Å². The van der Waals surface area contributed by atoms with Crippen LogP contribution < -0.4 is 5.43 Å². The summed E-state index contributed by atoms with van der Waals surface area (Å²) in [4.78, 5) is 0. The molecule has 0 aliphatic carbocycles. The number of aliphatic hydroxyl groups is 1. The van der Waals surface area contributed by atoms with Crippen LogP contribution in [0.15, 0.2) is 12.0 Å². The molecule has 0 saturated heterocycles. The molecule has 1 heterocycles. The van der Waals surface area contributed by atoms with Crippen molar-refractivity contribution in [3.63, 3.8) is 0 Å². The summed E-state index contributed by atoms with van der Waals surface area (Å²) >= 11 is 0. The fourth-order valence-electron chi connectivity index (χ4n) is 0.747. The van der Waals surface area contributed by atoms with E-state index in [1.165, 1.54) is 20.2 Å². The van der Waals surface area contributed by atoms with Crippen molar-refractivity contribution in [1.29, 1.82) is 0 Å². The molecule has 0 radical (unpaired) electrons. The van der Waals surface area contributed by atoms with Gasteiger partial charge in [-0.05, 0) is 6.08 Å². The van der Waals surface area contributed by atoms with Crippen LogP contribution in [0.2, 0.25) is 0 Å². The highest BCUT2D eigenvalue weighted by Gasteiger charge is 2.28. The number of hydrogen-bond donors (Lipinski definition) is 2. The lowest BCUT2D eigenvalue weighted by atomic mass is 10.6. The second-order valence-electron chi connectivity index (χ2n) is 2.48. The van der Waals surface area contributed by atoms with Gasteiger partial charge in [-0.2, -0.15) is 17.1 Å². The number of nitrogens with one attached hydrogen (secondary N) is 1. The van der Waals surface area contributed by atoms with Crippen LogP contribution in [-0.2, 0) is 10.2 Å². The molecule has 1 rings (SSSR count). The van der Waals surface area contributed by atoms with E-state index in [9.17, 15) is 8.42 Å². The molecule has 70 valence electrons. The molecule has 12 heavy (non-hydrogen) atoms. The highest BCUT2D eigenvalue weighted by Crippen LogP contribution is 2.10. The van der Waals surface area contributed by atoms with E-state index in [4.69, 9.17) is 5.11 Å². The topological polar surface area (TPSA) is 72.9 Å². The Kier molecular flexibility index (Phi) is 2.27. The Morgan fingerprint density at radius 3 is 2.58 bits per heavy atom. The van der Waals surface area contributed by atoms with E-state index in [-0.39, 0.29) is 5.88 Å². The average molecular weight is 193 g/mol. The number of rotatable bonds is 2. The Labute approximate surface area is 71.2 Å². The van der Waals surface area contributed by atoms with Gasteiger partial charge in [-0.3, -0.25) is 0 Å². The average Bonchev–Trinajstić information content (AvgIpc) is 2.35. The molecular weight excluding hydrogens is 182 g/mol. The zero-order valence-electron chi connectivity index (χ0n) is 6.85. The summed E-state index contributed by atoms with van der Waals surface area (Å²) in [5, 5.41) is 9.09. The predicted octanol–water partition coefficient (Wildman–Crippen LogP) is -0.988. The van der Waals surface area contributed by atoms with Gasteiger partial charge in [0.15, 0.2) is 0 Å². The molecule has 0 spiro atoms. The molecule has 0 aromatic rings. The molecule has 0 unspecified atom stereocenters. The van der Waals surface area contributed by atoms with Crippen molar-refractivity contribution in [1.82, 2.24) is 14.1 Å². The second kappa shape index (κ2) is 2.92. The van der Waals surface area contributed by atoms with Crippen molar-refractivity contribution in [2.45, 2.75) is 0 Å². The second-order valence-corrected chi connectivity index (χ2v) is 4.47. The third-order valence-electron chi connectivity index (χ3n) is 1.42. The van der Waals surface area contributed by atoms with Gasteiger partial charge in [0.25, 0.3) is 0 Å². The van der Waals surface area contributed by atoms with E-state index < -0.39 is 10.2 Å². The molecule has 0 amide bonds. The van der Waals surface area contributed by atoms with Crippen molar-refractivity contribution in [2.75, 3.05) is 20.6 Å². The molecule has 7 heteroatoms. The van der Waals surface area contributed by atoms with E-state index in [1.54, 1.807) is 0 Å². The van der Waals surface area contributed by atoms with Crippen LogP contribution in [0.4, 0.5) is 0 Å². The summed E-state index contributed by atoms with van der Waals surface area (Å²) in [6.45, 7) is 0.318. The number of nitrogens with zero attached hydrogens (tertiary/aromatic N) is 2. The SMILES string of the molecule is CN(C)S(=O)(=O)N1NCC=C1O. The number of hydrogen-bond acceptors (Lipinski definition) is 4. The van der Waals surface area contributed by atoms with Gasteiger partial charge in [0.1, 0.15) is 0 Å². The molecule has 1 aliphatic heterocycles. The fraction of sp³-hybridized carbons (Fsp3) is 0.600. The van der Waals surface area contributed by atoms with E-state index in [1.807, 2.05) is 0 Å². The summed E-state index contributed by atoms with van der Waals surface area (Å²) in [5.74, 6) is -0.288. The van der Waals surface area contributed by atoms with Crippen LogP contribution in [0.1, 0.15) is 0 Å². The third-order valence-corrected chi connectivity index (χ3v) is 3.12. The largest absolute Gasteiger partial charge is 0.493 e. The molecule has 0 fully saturated rings. The normalized spacial score (nSPS) is 18.6. The third kappa shape index (κ3) is 1.38. The summed E-state index contributed by atoms with van der Waals surface area (Å²) in [5.41, 5.74) is 2.49. The standard InChI is InChI=1S/C5H11N3O3S/c1-7(2)12(10,11)8-5(9)3-4-6-8/h3,6,9H,4H2,1-2H3. The smallest absolute Gasteiger partial charge is 0.319 e. The predicted molar refractivity (Wildman–Crippen MR) is 43.2 cm³/mol. The Balaban J connectivity index is 2.91. The van der Waals surface area contributed by atoms with Crippen LogP contribution >= 0.6 is 0 Å². The van der Waals surface area contributed by atoms with Gasteiger partial charge in [-0.1, -0.05) is 0 Å².